The highest BCUT2D eigenvalue weighted by Gasteiger charge is 2.34. The van der Waals surface area contributed by atoms with Crippen LogP contribution in [-0.4, -0.2) is 23.2 Å². The first kappa shape index (κ1) is 11.6. The second-order valence-electron chi connectivity index (χ2n) is 5.01. The fraction of sp³-hybridized carbons (Fsp3) is 0.571. The van der Waals surface area contributed by atoms with Gasteiger partial charge in [-0.25, -0.2) is 0 Å². The van der Waals surface area contributed by atoms with Crippen molar-refractivity contribution in [3.63, 3.8) is 0 Å². The smallest absolute Gasteiger partial charge is 0.0666 e. The lowest BCUT2D eigenvalue weighted by Gasteiger charge is -2.21. The van der Waals surface area contributed by atoms with E-state index in [1.807, 2.05) is 11.8 Å². The Morgan fingerprint density at radius 2 is 2.12 bits per heavy atom. The fourth-order valence-electron chi connectivity index (χ4n) is 2.84. The average molecular weight is 249 g/mol. The van der Waals surface area contributed by atoms with Gasteiger partial charge in [0.25, 0.3) is 0 Å². The second-order valence-corrected chi connectivity index (χ2v) is 6.49. The summed E-state index contributed by atoms with van der Waals surface area (Å²) in [5.41, 5.74) is 9.13. The fourth-order valence-corrected chi connectivity index (χ4v) is 4.41. The largest absolute Gasteiger partial charge is 0.377 e. The van der Waals surface area contributed by atoms with Gasteiger partial charge in [-0.15, -0.1) is 0 Å². The lowest BCUT2D eigenvalue weighted by atomic mass is 10.1. The van der Waals surface area contributed by atoms with Gasteiger partial charge in [0.2, 0.25) is 0 Å². The van der Waals surface area contributed by atoms with Crippen LogP contribution in [0.2, 0.25) is 0 Å². The number of hydrogen-bond donors (Lipinski definition) is 1. The van der Waals surface area contributed by atoms with E-state index in [0.717, 1.165) is 13.0 Å². The number of fused-ring (bicyclic) bond motifs is 1. The standard InChI is InChI=1S/C14H19NOS/c1-9-12(6-7-16-9)17-13-8-10-4-2-3-5-11(10)14(13)15/h2-5,9,12-14H,6-8,15H2,1H3. The minimum Gasteiger partial charge on any atom is -0.377 e. The maximum absolute atomic E-state index is 6.35. The van der Waals surface area contributed by atoms with E-state index in [4.69, 9.17) is 10.5 Å². The molecule has 1 aromatic rings. The number of rotatable bonds is 2. The molecule has 3 heteroatoms. The highest BCUT2D eigenvalue weighted by atomic mass is 32.2. The summed E-state index contributed by atoms with van der Waals surface area (Å²) >= 11 is 2.04. The SMILES string of the molecule is CC1OCCC1SC1Cc2ccccc2C1N. The quantitative estimate of drug-likeness (QED) is 0.874. The Morgan fingerprint density at radius 1 is 1.29 bits per heavy atom. The lowest BCUT2D eigenvalue weighted by molar-refractivity contribution is 0.127. The van der Waals surface area contributed by atoms with Gasteiger partial charge in [0.05, 0.1) is 6.10 Å². The Bertz CT molecular complexity index is 409. The molecule has 2 N–H and O–H groups in total. The molecule has 1 fully saturated rings. The summed E-state index contributed by atoms with van der Waals surface area (Å²) in [5, 5.41) is 1.15. The number of thioether (sulfide) groups is 1. The summed E-state index contributed by atoms with van der Waals surface area (Å²) in [6.07, 6.45) is 2.67. The van der Waals surface area contributed by atoms with E-state index in [-0.39, 0.29) is 6.04 Å². The predicted octanol–water partition coefficient (Wildman–Crippen LogP) is 2.52. The summed E-state index contributed by atoms with van der Waals surface area (Å²) in [5.74, 6) is 0. The van der Waals surface area contributed by atoms with Gasteiger partial charge >= 0.3 is 0 Å². The molecule has 4 unspecified atom stereocenters. The maximum Gasteiger partial charge on any atom is 0.0666 e. The molecule has 1 saturated heterocycles. The molecule has 0 radical (unpaired) electrons. The molecular formula is C14H19NOS. The van der Waals surface area contributed by atoms with E-state index >= 15 is 0 Å². The molecule has 1 aliphatic heterocycles. The third-order valence-electron chi connectivity index (χ3n) is 3.89. The van der Waals surface area contributed by atoms with Crippen molar-refractivity contribution >= 4 is 11.8 Å². The Balaban J connectivity index is 1.71. The van der Waals surface area contributed by atoms with Crippen molar-refractivity contribution in [2.24, 2.45) is 5.73 Å². The van der Waals surface area contributed by atoms with Crippen LogP contribution in [-0.2, 0) is 11.2 Å². The maximum atomic E-state index is 6.35. The van der Waals surface area contributed by atoms with Gasteiger partial charge in [0, 0.05) is 23.1 Å². The van der Waals surface area contributed by atoms with Crippen LogP contribution >= 0.6 is 11.8 Å². The van der Waals surface area contributed by atoms with E-state index in [0.29, 0.717) is 16.6 Å². The Labute approximate surface area is 107 Å². The van der Waals surface area contributed by atoms with Crippen molar-refractivity contribution in [3.05, 3.63) is 35.4 Å². The molecule has 1 aromatic carbocycles. The number of hydrogen-bond acceptors (Lipinski definition) is 3. The minimum atomic E-state index is 0.198. The Kier molecular flexibility index (Phi) is 3.16. The zero-order valence-corrected chi connectivity index (χ0v) is 11.0. The molecule has 17 heavy (non-hydrogen) atoms. The number of ether oxygens (including phenoxy) is 1. The molecule has 3 rings (SSSR count). The molecule has 0 aromatic heterocycles. The molecule has 0 spiro atoms. The van der Waals surface area contributed by atoms with Crippen molar-refractivity contribution in [3.8, 4) is 0 Å². The van der Waals surface area contributed by atoms with Crippen LogP contribution in [0.5, 0.6) is 0 Å². The van der Waals surface area contributed by atoms with Crippen LogP contribution in [0.3, 0.4) is 0 Å². The van der Waals surface area contributed by atoms with Gasteiger partial charge in [-0.2, -0.15) is 11.8 Å². The molecule has 0 amide bonds. The zero-order chi connectivity index (χ0) is 11.8. The van der Waals surface area contributed by atoms with Crippen LogP contribution in [0.1, 0.15) is 30.5 Å². The first-order chi connectivity index (χ1) is 8.25. The summed E-state index contributed by atoms with van der Waals surface area (Å²) < 4.78 is 5.63. The third kappa shape index (κ3) is 2.12. The van der Waals surface area contributed by atoms with Crippen molar-refractivity contribution in [2.75, 3.05) is 6.61 Å². The van der Waals surface area contributed by atoms with E-state index in [9.17, 15) is 0 Å². The van der Waals surface area contributed by atoms with Gasteiger partial charge < -0.3 is 10.5 Å². The van der Waals surface area contributed by atoms with Crippen LogP contribution < -0.4 is 5.73 Å². The highest BCUT2D eigenvalue weighted by Crippen LogP contribution is 2.41. The van der Waals surface area contributed by atoms with E-state index in [1.54, 1.807) is 0 Å². The van der Waals surface area contributed by atoms with E-state index in [1.165, 1.54) is 17.5 Å². The van der Waals surface area contributed by atoms with Crippen molar-refractivity contribution in [1.29, 1.82) is 0 Å². The van der Waals surface area contributed by atoms with Gasteiger partial charge in [-0.3, -0.25) is 0 Å². The number of benzene rings is 1. The molecule has 2 aliphatic rings. The van der Waals surface area contributed by atoms with Crippen molar-refractivity contribution in [2.45, 2.75) is 42.4 Å². The normalized spacial score (nSPS) is 36.1. The number of nitrogens with two attached hydrogens (primary N) is 1. The third-order valence-corrected chi connectivity index (χ3v) is 5.67. The first-order valence-corrected chi connectivity index (χ1v) is 7.30. The van der Waals surface area contributed by atoms with Gasteiger partial charge in [-0.1, -0.05) is 24.3 Å². The summed E-state index contributed by atoms with van der Waals surface area (Å²) in [7, 11) is 0. The van der Waals surface area contributed by atoms with Gasteiger partial charge in [0.1, 0.15) is 0 Å². The van der Waals surface area contributed by atoms with Crippen LogP contribution in [0.25, 0.3) is 0 Å². The van der Waals surface area contributed by atoms with E-state index < -0.39 is 0 Å². The molecule has 1 heterocycles. The Morgan fingerprint density at radius 3 is 2.82 bits per heavy atom. The zero-order valence-electron chi connectivity index (χ0n) is 10.1. The molecule has 0 saturated carbocycles. The van der Waals surface area contributed by atoms with Crippen molar-refractivity contribution < 1.29 is 4.74 Å². The summed E-state index contributed by atoms with van der Waals surface area (Å²) in [6.45, 7) is 3.09. The van der Waals surface area contributed by atoms with Crippen molar-refractivity contribution in [1.82, 2.24) is 0 Å². The molecule has 4 atom stereocenters. The topological polar surface area (TPSA) is 35.2 Å². The van der Waals surface area contributed by atoms with Crippen LogP contribution in [0.15, 0.2) is 24.3 Å². The lowest BCUT2D eigenvalue weighted by Crippen LogP contribution is -2.24. The molecule has 92 valence electrons. The Hall–Kier alpha value is -0.510. The van der Waals surface area contributed by atoms with Gasteiger partial charge in [-0.05, 0) is 30.9 Å². The molecule has 1 aliphatic carbocycles. The predicted molar refractivity (Wildman–Crippen MR) is 72.3 cm³/mol. The molecular weight excluding hydrogens is 230 g/mol. The first-order valence-electron chi connectivity index (χ1n) is 6.36. The molecule has 2 nitrogen and oxygen atoms in total. The van der Waals surface area contributed by atoms with Gasteiger partial charge in [0.15, 0.2) is 0 Å². The average Bonchev–Trinajstić information content (AvgIpc) is 2.87. The monoisotopic (exact) mass is 249 g/mol. The summed E-state index contributed by atoms with van der Waals surface area (Å²) in [4.78, 5) is 0. The minimum absolute atomic E-state index is 0.198. The van der Waals surface area contributed by atoms with Crippen LogP contribution in [0.4, 0.5) is 0 Å². The second kappa shape index (κ2) is 4.63. The summed E-state index contributed by atoms with van der Waals surface area (Å²) in [6, 6.07) is 8.79. The van der Waals surface area contributed by atoms with E-state index in [2.05, 4.69) is 31.2 Å². The molecule has 0 bridgehead atoms. The highest BCUT2D eigenvalue weighted by molar-refractivity contribution is 8.00. The van der Waals surface area contributed by atoms with Crippen LogP contribution in [0, 0.1) is 0 Å².